The lowest BCUT2D eigenvalue weighted by molar-refractivity contribution is 0.0674. The van der Waals surface area contributed by atoms with Crippen LogP contribution in [0.1, 0.15) is 5.01 Å². The summed E-state index contributed by atoms with van der Waals surface area (Å²) in [6, 6.07) is 9.96. The zero-order valence-electron chi connectivity index (χ0n) is 13.6. The van der Waals surface area contributed by atoms with Crippen LogP contribution in [0.4, 0.5) is 0 Å². The molecule has 0 saturated carbocycles. The number of guanidine groups is 1. The van der Waals surface area contributed by atoms with E-state index in [0.717, 1.165) is 40.5 Å². The van der Waals surface area contributed by atoms with E-state index in [-0.39, 0.29) is 24.0 Å². The summed E-state index contributed by atoms with van der Waals surface area (Å²) in [7, 11) is 0. The number of aliphatic imine (C=N–C) groups is 1. The van der Waals surface area contributed by atoms with Crippen LogP contribution in [-0.4, -0.2) is 42.1 Å². The number of rotatable bonds is 3. The number of benzene rings is 1. The molecule has 132 valence electrons. The number of ether oxygens (including phenoxy) is 1. The predicted octanol–water partition coefficient (Wildman–Crippen LogP) is 3.32. The van der Waals surface area contributed by atoms with Crippen LogP contribution in [0, 0.1) is 0 Å². The molecule has 3 aromatic rings. The zero-order chi connectivity index (χ0) is 16.4. The summed E-state index contributed by atoms with van der Waals surface area (Å²) in [6.07, 6.45) is 0. The zero-order valence-corrected chi connectivity index (χ0v) is 16.7. The minimum atomic E-state index is 0. The number of thiazole rings is 1. The molecule has 0 bridgehead atoms. The van der Waals surface area contributed by atoms with Gasteiger partial charge < -0.3 is 19.8 Å². The number of fused-ring (bicyclic) bond motifs is 1. The maximum Gasteiger partial charge on any atom is 0.191 e. The van der Waals surface area contributed by atoms with Crippen LogP contribution in [0.15, 0.2) is 45.1 Å². The molecule has 0 spiro atoms. The van der Waals surface area contributed by atoms with E-state index in [4.69, 9.17) is 14.9 Å². The summed E-state index contributed by atoms with van der Waals surface area (Å²) in [5, 5.41) is 3.99. The Balaban J connectivity index is 0.00000182. The molecule has 0 unspecified atom stereocenters. The fraction of sp³-hybridized carbons (Fsp3) is 0.294. The minimum absolute atomic E-state index is 0. The average Bonchev–Trinajstić information content (AvgIpc) is 3.27. The summed E-state index contributed by atoms with van der Waals surface area (Å²) >= 11 is 1.57. The van der Waals surface area contributed by atoms with Crippen LogP contribution >= 0.6 is 35.3 Å². The van der Waals surface area contributed by atoms with Crippen molar-refractivity contribution < 1.29 is 9.15 Å². The SMILES string of the molecule is I.NC(=NCc1nc(-c2cc3ccccc3o2)cs1)N1CCOCC1. The number of hydrogen-bond donors (Lipinski definition) is 1. The van der Waals surface area contributed by atoms with Crippen LogP contribution in [-0.2, 0) is 11.3 Å². The molecule has 1 aliphatic rings. The van der Waals surface area contributed by atoms with Crippen LogP contribution in [0.5, 0.6) is 0 Å². The summed E-state index contributed by atoms with van der Waals surface area (Å²) in [6.45, 7) is 3.45. The quantitative estimate of drug-likeness (QED) is 0.361. The van der Waals surface area contributed by atoms with Gasteiger partial charge in [0.2, 0.25) is 0 Å². The molecule has 4 rings (SSSR count). The third-order valence-electron chi connectivity index (χ3n) is 3.94. The van der Waals surface area contributed by atoms with Gasteiger partial charge in [0.25, 0.3) is 0 Å². The number of halogens is 1. The second-order valence-corrected chi connectivity index (χ2v) is 6.49. The van der Waals surface area contributed by atoms with Crippen molar-refractivity contribution in [1.29, 1.82) is 0 Å². The maximum atomic E-state index is 6.04. The highest BCUT2D eigenvalue weighted by molar-refractivity contribution is 14.0. The number of furan rings is 1. The van der Waals surface area contributed by atoms with Crippen molar-refractivity contribution in [2.24, 2.45) is 10.7 Å². The standard InChI is InChI=1S/C17H18N4O2S.HI/c18-17(21-5-7-22-8-6-21)19-10-16-20-13(11-24-16)15-9-12-3-1-2-4-14(12)23-15;/h1-4,9,11H,5-8,10H2,(H2,18,19);1H. The molecule has 2 aromatic heterocycles. The first-order valence-corrected chi connectivity index (χ1v) is 8.73. The summed E-state index contributed by atoms with van der Waals surface area (Å²) in [5.41, 5.74) is 7.75. The minimum Gasteiger partial charge on any atom is -0.454 e. The number of morpholine rings is 1. The van der Waals surface area contributed by atoms with E-state index in [1.54, 1.807) is 11.3 Å². The number of para-hydroxylation sites is 1. The normalized spacial score (nSPS) is 15.4. The van der Waals surface area contributed by atoms with E-state index in [9.17, 15) is 0 Å². The summed E-state index contributed by atoms with van der Waals surface area (Å²) in [5.74, 6) is 1.34. The van der Waals surface area contributed by atoms with Gasteiger partial charge in [-0.3, -0.25) is 0 Å². The predicted molar refractivity (Wildman–Crippen MR) is 110 cm³/mol. The van der Waals surface area contributed by atoms with Gasteiger partial charge in [-0.2, -0.15) is 0 Å². The van der Waals surface area contributed by atoms with E-state index in [1.807, 2.05) is 40.6 Å². The fourth-order valence-electron chi connectivity index (χ4n) is 2.65. The third kappa shape index (κ3) is 4.13. The van der Waals surface area contributed by atoms with Crippen molar-refractivity contribution in [3.8, 4) is 11.5 Å². The molecule has 0 radical (unpaired) electrons. The molecule has 1 aromatic carbocycles. The highest BCUT2D eigenvalue weighted by Gasteiger charge is 2.13. The topological polar surface area (TPSA) is 76.9 Å². The van der Waals surface area contributed by atoms with Gasteiger partial charge in [-0.25, -0.2) is 9.98 Å². The van der Waals surface area contributed by atoms with E-state index >= 15 is 0 Å². The molecule has 1 aliphatic heterocycles. The molecular weight excluding hydrogens is 451 g/mol. The number of hydrogen-bond acceptors (Lipinski definition) is 5. The third-order valence-corrected chi connectivity index (χ3v) is 4.77. The van der Waals surface area contributed by atoms with Crippen LogP contribution in [0.3, 0.4) is 0 Å². The Morgan fingerprint density at radius 1 is 1.28 bits per heavy atom. The highest BCUT2D eigenvalue weighted by Crippen LogP contribution is 2.28. The highest BCUT2D eigenvalue weighted by atomic mass is 127. The van der Waals surface area contributed by atoms with Crippen molar-refractivity contribution in [1.82, 2.24) is 9.88 Å². The molecule has 6 nitrogen and oxygen atoms in total. The molecule has 0 aliphatic carbocycles. The van der Waals surface area contributed by atoms with Crippen molar-refractivity contribution in [3.05, 3.63) is 40.7 Å². The monoisotopic (exact) mass is 470 g/mol. The lowest BCUT2D eigenvalue weighted by Gasteiger charge is -2.27. The van der Waals surface area contributed by atoms with Gasteiger partial charge in [0.05, 0.1) is 19.8 Å². The van der Waals surface area contributed by atoms with Gasteiger partial charge in [0.1, 0.15) is 16.3 Å². The van der Waals surface area contributed by atoms with Gasteiger partial charge in [0.15, 0.2) is 11.7 Å². The van der Waals surface area contributed by atoms with E-state index in [1.165, 1.54) is 0 Å². The van der Waals surface area contributed by atoms with Gasteiger partial charge in [-0.05, 0) is 12.1 Å². The van der Waals surface area contributed by atoms with Crippen molar-refractivity contribution in [2.45, 2.75) is 6.54 Å². The molecule has 1 fully saturated rings. The maximum absolute atomic E-state index is 6.04. The lowest BCUT2D eigenvalue weighted by atomic mass is 10.2. The molecule has 0 atom stereocenters. The van der Waals surface area contributed by atoms with Crippen LogP contribution in [0.2, 0.25) is 0 Å². The fourth-order valence-corrected chi connectivity index (χ4v) is 3.35. The molecule has 25 heavy (non-hydrogen) atoms. The Hall–Kier alpha value is -1.65. The molecular formula is C17H19IN4O2S. The Morgan fingerprint density at radius 3 is 2.88 bits per heavy atom. The Kier molecular flexibility index (Phi) is 5.92. The Bertz CT molecular complexity index is 837. The van der Waals surface area contributed by atoms with Crippen LogP contribution in [0.25, 0.3) is 22.4 Å². The molecule has 1 saturated heterocycles. The first kappa shape index (κ1) is 18.2. The van der Waals surface area contributed by atoms with Gasteiger partial charge in [-0.15, -0.1) is 35.3 Å². The van der Waals surface area contributed by atoms with Crippen molar-refractivity contribution in [2.75, 3.05) is 26.3 Å². The largest absolute Gasteiger partial charge is 0.454 e. The molecule has 0 amide bonds. The lowest BCUT2D eigenvalue weighted by Crippen LogP contribution is -2.44. The summed E-state index contributed by atoms with van der Waals surface area (Å²) < 4.78 is 11.2. The first-order valence-electron chi connectivity index (χ1n) is 7.85. The van der Waals surface area contributed by atoms with E-state index in [2.05, 4.69) is 9.98 Å². The van der Waals surface area contributed by atoms with Crippen LogP contribution < -0.4 is 5.73 Å². The second kappa shape index (κ2) is 8.15. The van der Waals surface area contributed by atoms with Crippen molar-refractivity contribution >= 4 is 52.2 Å². The smallest absolute Gasteiger partial charge is 0.191 e. The van der Waals surface area contributed by atoms with Crippen molar-refractivity contribution in [3.63, 3.8) is 0 Å². The van der Waals surface area contributed by atoms with E-state index in [0.29, 0.717) is 25.7 Å². The first-order chi connectivity index (χ1) is 11.8. The van der Waals surface area contributed by atoms with E-state index < -0.39 is 0 Å². The summed E-state index contributed by atoms with van der Waals surface area (Å²) in [4.78, 5) is 11.1. The molecule has 8 heteroatoms. The van der Waals surface area contributed by atoms with Gasteiger partial charge >= 0.3 is 0 Å². The van der Waals surface area contributed by atoms with Gasteiger partial charge in [0, 0.05) is 23.9 Å². The Morgan fingerprint density at radius 2 is 2.08 bits per heavy atom. The average molecular weight is 470 g/mol. The number of nitrogens with two attached hydrogens (primary N) is 1. The van der Waals surface area contributed by atoms with Gasteiger partial charge in [-0.1, -0.05) is 18.2 Å². The second-order valence-electron chi connectivity index (χ2n) is 5.55. The number of aromatic nitrogens is 1. The molecule has 2 N–H and O–H groups in total. The Labute approximate surface area is 166 Å². The number of nitrogens with zero attached hydrogens (tertiary/aromatic N) is 3. The molecule has 3 heterocycles.